The molecule has 0 bridgehead atoms. The number of halogens is 2. The summed E-state index contributed by atoms with van der Waals surface area (Å²) in [4.78, 5) is 12.6. The van der Waals surface area contributed by atoms with Crippen LogP contribution >= 0.6 is 0 Å². The maximum atomic E-state index is 14.4. The number of nitrogens with two attached hydrogens (primary N) is 1. The summed E-state index contributed by atoms with van der Waals surface area (Å²) in [6.45, 7) is 0. The lowest BCUT2D eigenvalue weighted by Gasteiger charge is -2.26. The van der Waals surface area contributed by atoms with Crippen molar-refractivity contribution in [1.29, 1.82) is 5.26 Å². The molecular formula is C19H10F2N2O3. The van der Waals surface area contributed by atoms with E-state index < -0.39 is 23.2 Å². The van der Waals surface area contributed by atoms with Crippen molar-refractivity contribution in [3.63, 3.8) is 0 Å². The van der Waals surface area contributed by atoms with E-state index in [4.69, 9.17) is 14.9 Å². The number of rotatable bonds is 1. The monoisotopic (exact) mass is 352 g/mol. The molecule has 2 aromatic carbocycles. The van der Waals surface area contributed by atoms with E-state index in [1.807, 2.05) is 6.07 Å². The highest BCUT2D eigenvalue weighted by Gasteiger charge is 2.36. The van der Waals surface area contributed by atoms with E-state index in [1.165, 1.54) is 6.07 Å². The first kappa shape index (κ1) is 15.8. The second-order valence-electron chi connectivity index (χ2n) is 5.72. The minimum Gasteiger partial charge on any atom is -0.439 e. The lowest BCUT2D eigenvalue weighted by Crippen LogP contribution is -2.26. The number of ether oxygens (including phenoxy) is 1. The van der Waals surface area contributed by atoms with Gasteiger partial charge in [0.05, 0.1) is 16.9 Å². The summed E-state index contributed by atoms with van der Waals surface area (Å²) < 4.78 is 38.6. The molecule has 1 aromatic heterocycles. The largest absolute Gasteiger partial charge is 0.439 e. The molecule has 7 heteroatoms. The summed E-state index contributed by atoms with van der Waals surface area (Å²) in [6.07, 6.45) is 0. The summed E-state index contributed by atoms with van der Waals surface area (Å²) in [5.41, 5.74) is 5.07. The molecule has 128 valence electrons. The lowest BCUT2D eigenvalue weighted by molar-refractivity contribution is 0.386. The zero-order valence-electron chi connectivity index (χ0n) is 13.1. The molecule has 0 radical (unpaired) electrons. The minimum absolute atomic E-state index is 0.0556. The van der Waals surface area contributed by atoms with Crippen LogP contribution < -0.4 is 16.1 Å². The average Bonchev–Trinajstić information content (AvgIpc) is 2.61. The Bertz CT molecular complexity index is 1190. The molecule has 0 aliphatic carbocycles. The van der Waals surface area contributed by atoms with Gasteiger partial charge < -0.3 is 14.9 Å². The standard InChI is InChI=1S/C19H10F2N2O3/c20-9-5-6-10(13(21)7-9)15-12(8-22)18(23)26-17-11-3-1-2-4-14(11)25-19(24)16(15)17/h1-7,15H,23H2. The summed E-state index contributed by atoms with van der Waals surface area (Å²) in [5, 5.41) is 9.92. The van der Waals surface area contributed by atoms with Crippen molar-refractivity contribution < 1.29 is 17.9 Å². The predicted molar refractivity (Wildman–Crippen MR) is 88.1 cm³/mol. The number of hydrogen-bond donors (Lipinski definition) is 1. The summed E-state index contributed by atoms with van der Waals surface area (Å²) in [5.74, 6) is -2.99. The number of benzene rings is 2. The molecule has 3 aromatic rings. The third kappa shape index (κ3) is 2.24. The number of nitrogens with zero attached hydrogens (tertiary/aromatic N) is 1. The Labute approximate surface area is 145 Å². The molecule has 5 nitrogen and oxygen atoms in total. The van der Waals surface area contributed by atoms with Crippen LogP contribution in [0.25, 0.3) is 11.0 Å². The first-order valence-electron chi connectivity index (χ1n) is 7.59. The first-order chi connectivity index (χ1) is 12.5. The van der Waals surface area contributed by atoms with Crippen molar-refractivity contribution >= 4 is 11.0 Å². The highest BCUT2D eigenvalue weighted by Crippen LogP contribution is 2.43. The molecule has 1 aliphatic heterocycles. The van der Waals surface area contributed by atoms with Gasteiger partial charge in [0.25, 0.3) is 0 Å². The van der Waals surface area contributed by atoms with Crippen LogP contribution in [0.5, 0.6) is 5.75 Å². The van der Waals surface area contributed by atoms with E-state index in [0.717, 1.165) is 6.07 Å². The molecule has 2 N–H and O–H groups in total. The Morgan fingerprint density at radius 2 is 1.92 bits per heavy atom. The summed E-state index contributed by atoms with van der Waals surface area (Å²) >= 11 is 0. The second-order valence-corrected chi connectivity index (χ2v) is 5.72. The van der Waals surface area contributed by atoms with Gasteiger partial charge in [-0.1, -0.05) is 18.2 Å². The first-order valence-corrected chi connectivity index (χ1v) is 7.59. The molecule has 0 saturated heterocycles. The Morgan fingerprint density at radius 1 is 1.15 bits per heavy atom. The Morgan fingerprint density at radius 3 is 2.65 bits per heavy atom. The van der Waals surface area contributed by atoms with E-state index in [2.05, 4.69) is 0 Å². The van der Waals surface area contributed by atoms with Crippen LogP contribution in [0, 0.1) is 23.0 Å². The fourth-order valence-electron chi connectivity index (χ4n) is 3.11. The van der Waals surface area contributed by atoms with Gasteiger partial charge in [-0.15, -0.1) is 0 Å². The molecule has 2 heterocycles. The van der Waals surface area contributed by atoms with E-state index in [1.54, 1.807) is 24.3 Å². The molecule has 1 atom stereocenters. The summed E-state index contributed by atoms with van der Waals surface area (Å²) in [6, 6.07) is 11.4. The van der Waals surface area contributed by atoms with Crippen LogP contribution in [0.15, 0.2) is 63.1 Å². The molecule has 0 saturated carbocycles. The number of para-hydroxylation sites is 1. The van der Waals surface area contributed by atoms with Crippen LogP contribution in [-0.4, -0.2) is 0 Å². The smallest absolute Gasteiger partial charge is 0.344 e. The van der Waals surface area contributed by atoms with Crippen LogP contribution in [0.4, 0.5) is 8.78 Å². The fraction of sp³-hybridized carbons (Fsp3) is 0.0526. The zero-order chi connectivity index (χ0) is 18.4. The highest BCUT2D eigenvalue weighted by molar-refractivity contribution is 5.86. The maximum Gasteiger partial charge on any atom is 0.344 e. The number of fused-ring (bicyclic) bond motifs is 3. The third-order valence-electron chi connectivity index (χ3n) is 4.25. The van der Waals surface area contributed by atoms with Crippen LogP contribution in [0.1, 0.15) is 17.0 Å². The lowest BCUT2D eigenvalue weighted by atomic mass is 9.83. The van der Waals surface area contributed by atoms with E-state index in [9.17, 15) is 18.8 Å². The Balaban J connectivity index is 2.10. The fourth-order valence-corrected chi connectivity index (χ4v) is 3.11. The number of hydrogen-bond acceptors (Lipinski definition) is 5. The van der Waals surface area contributed by atoms with Gasteiger partial charge in [0.15, 0.2) is 5.75 Å². The van der Waals surface area contributed by atoms with Crippen LogP contribution in [0.3, 0.4) is 0 Å². The predicted octanol–water partition coefficient (Wildman–Crippen LogP) is 3.29. The van der Waals surface area contributed by atoms with Gasteiger partial charge in [-0.05, 0) is 18.2 Å². The molecule has 0 fully saturated rings. The van der Waals surface area contributed by atoms with E-state index in [0.29, 0.717) is 11.5 Å². The van der Waals surface area contributed by atoms with Crippen molar-refractivity contribution in [2.24, 2.45) is 5.73 Å². The third-order valence-corrected chi connectivity index (χ3v) is 4.25. The molecule has 1 aliphatic rings. The van der Waals surface area contributed by atoms with Gasteiger partial charge in [-0.2, -0.15) is 5.26 Å². The average molecular weight is 352 g/mol. The van der Waals surface area contributed by atoms with E-state index >= 15 is 0 Å². The minimum atomic E-state index is -1.16. The molecule has 4 rings (SSSR count). The highest BCUT2D eigenvalue weighted by atomic mass is 19.1. The van der Waals surface area contributed by atoms with Gasteiger partial charge in [0, 0.05) is 11.6 Å². The van der Waals surface area contributed by atoms with Crippen molar-refractivity contribution in [2.75, 3.05) is 0 Å². The molecule has 1 unspecified atom stereocenters. The second kappa shape index (κ2) is 5.70. The SMILES string of the molecule is N#CC1=C(N)Oc2c(c(=O)oc3ccccc23)C1c1ccc(F)cc1F. The van der Waals surface area contributed by atoms with Gasteiger partial charge in [-0.25, -0.2) is 13.6 Å². The Hall–Kier alpha value is -3.66. The van der Waals surface area contributed by atoms with Crippen molar-refractivity contribution in [1.82, 2.24) is 0 Å². The number of allylic oxidation sites excluding steroid dienone is 1. The topological polar surface area (TPSA) is 89.3 Å². The van der Waals surface area contributed by atoms with E-state index in [-0.39, 0.29) is 33.9 Å². The maximum absolute atomic E-state index is 14.4. The van der Waals surface area contributed by atoms with Gasteiger partial charge in [0.2, 0.25) is 5.88 Å². The normalized spacial score (nSPS) is 16.1. The van der Waals surface area contributed by atoms with Crippen molar-refractivity contribution in [3.8, 4) is 11.8 Å². The van der Waals surface area contributed by atoms with Crippen LogP contribution in [0.2, 0.25) is 0 Å². The zero-order valence-corrected chi connectivity index (χ0v) is 13.1. The molecular weight excluding hydrogens is 342 g/mol. The molecule has 26 heavy (non-hydrogen) atoms. The van der Waals surface area contributed by atoms with Gasteiger partial charge >= 0.3 is 5.63 Å². The van der Waals surface area contributed by atoms with Crippen molar-refractivity contribution in [2.45, 2.75) is 5.92 Å². The number of nitriles is 1. The van der Waals surface area contributed by atoms with Gasteiger partial charge in [-0.3, -0.25) is 0 Å². The van der Waals surface area contributed by atoms with Gasteiger partial charge in [0.1, 0.15) is 28.9 Å². The molecule has 0 amide bonds. The van der Waals surface area contributed by atoms with Crippen LogP contribution in [-0.2, 0) is 0 Å². The quantitative estimate of drug-likeness (QED) is 0.679. The molecule has 0 spiro atoms. The van der Waals surface area contributed by atoms with Crippen molar-refractivity contribution in [3.05, 3.63) is 87.1 Å². The summed E-state index contributed by atoms with van der Waals surface area (Å²) in [7, 11) is 0. The Kier molecular flexibility index (Phi) is 3.48.